The molecule has 0 spiro atoms. The van der Waals surface area contributed by atoms with E-state index in [0.29, 0.717) is 0 Å². The lowest BCUT2D eigenvalue weighted by molar-refractivity contribution is -0.385. The number of nitrogens with zero attached hydrogens (tertiary/aromatic N) is 1. The molecule has 0 amide bonds. The Morgan fingerprint density at radius 3 is 1.88 bits per heavy atom. The Balaban J connectivity index is 1.93. The quantitative estimate of drug-likeness (QED) is 0.198. The highest BCUT2D eigenvalue weighted by molar-refractivity contribution is 7.98. The van der Waals surface area contributed by atoms with Crippen LogP contribution in [0.25, 0.3) is 0 Å². The highest BCUT2D eigenvalue weighted by atomic mass is 32.2. The number of rotatable bonds is 15. The van der Waals surface area contributed by atoms with Crippen molar-refractivity contribution < 1.29 is 4.92 Å². The van der Waals surface area contributed by atoms with Crippen LogP contribution in [0.3, 0.4) is 0 Å². The highest BCUT2D eigenvalue weighted by Crippen LogP contribution is 2.20. The average Bonchev–Trinajstić information content (AvgIpc) is 2.59. The predicted octanol–water partition coefficient (Wildman–Crippen LogP) is 6.79. The first-order valence-corrected chi connectivity index (χ1v) is 10.9. The average molecular weight is 352 g/mol. The molecule has 0 saturated carbocycles. The molecular formula is C20H33NO2S. The normalized spacial score (nSPS) is 10.9. The molecule has 0 radical (unpaired) electrons. The van der Waals surface area contributed by atoms with Gasteiger partial charge in [0.05, 0.1) is 4.92 Å². The fourth-order valence-electron chi connectivity index (χ4n) is 3.05. The van der Waals surface area contributed by atoms with E-state index in [1.165, 1.54) is 70.0 Å². The van der Waals surface area contributed by atoms with E-state index in [1.807, 2.05) is 23.9 Å². The first-order valence-electron chi connectivity index (χ1n) is 9.47. The van der Waals surface area contributed by atoms with Crippen LogP contribution in [0.15, 0.2) is 24.3 Å². The largest absolute Gasteiger partial charge is 0.272 e. The molecule has 0 atom stereocenters. The number of unbranched alkanes of at least 4 members (excludes halogenated alkanes) is 10. The van der Waals surface area contributed by atoms with E-state index in [-0.39, 0.29) is 10.6 Å². The second-order valence-electron chi connectivity index (χ2n) is 6.52. The third kappa shape index (κ3) is 9.96. The number of hydrogen-bond acceptors (Lipinski definition) is 3. The topological polar surface area (TPSA) is 43.1 Å². The van der Waals surface area contributed by atoms with E-state index in [0.717, 1.165) is 18.4 Å². The third-order valence-electron chi connectivity index (χ3n) is 4.48. The van der Waals surface area contributed by atoms with Crippen LogP contribution in [-0.4, -0.2) is 16.9 Å². The fourth-order valence-corrected chi connectivity index (χ4v) is 3.55. The molecule has 0 unspecified atom stereocenters. The van der Waals surface area contributed by atoms with E-state index >= 15 is 0 Å². The van der Waals surface area contributed by atoms with E-state index in [4.69, 9.17) is 0 Å². The van der Waals surface area contributed by atoms with Crippen molar-refractivity contribution in [2.45, 2.75) is 77.0 Å². The third-order valence-corrected chi connectivity index (χ3v) is 5.18. The molecule has 0 aromatic heterocycles. The smallest absolute Gasteiger partial charge is 0.258 e. The number of nitro groups is 1. The highest BCUT2D eigenvalue weighted by Gasteiger charge is 2.11. The Labute approximate surface area is 151 Å². The Bertz CT molecular complexity index is 451. The zero-order chi connectivity index (χ0) is 17.5. The summed E-state index contributed by atoms with van der Waals surface area (Å²) in [6.45, 7) is 0. The Morgan fingerprint density at radius 2 is 1.33 bits per heavy atom. The summed E-state index contributed by atoms with van der Waals surface area (Å²) in [6, 6.07) is 7.13. The number of hydrogen-bond donors (Lipinski definition) is 0. The summed E-state index contributed by atoms with van der Waals surface area (Å²) in [5, 5.41) is 11.0. The predicted molar refractivity (Wildman–Crippen MR) is 106 cm³/mol. The molecule has 1 aromatic rings. The maximum absolute atomic E-state index is 11.0. The lowest BCUT2D eigenvalue weighted by Gasteiger charge is -2.04. The lowest BCUT2D eigenvalue weighted by atomic mass is 10.0. The fraction of sp³-hybridized carbons (Fsp3) is 0.700. The summed E-state index contributed by atoms with van der Waals surface area (Å²) < 4.78 is 0. The van der Waals surface area contributed by atoms with Gasteiger partial charge in [0.15, 0.2) is 0 Å². The first kappa shape index (κ1) is 21.0. The number of aryl methyl sites for hydroxylation is 1. The van der Waals surface area contributed by atoms with Gasteiger partial charge in [0, 0.05) is 11.6 Å². The standard InChI is InChI=1S/C20H33NO2S/c1-24-18-14-10-8-6-4-2-3-5-7-9-11-15-19-16-12-13-17-20(19)21(22)23/h12-13,16-17H,2-11,14-15,18H2,1H3. The molecule has 3 nitrogen and oxygen atoms in total. The van der Waals surface area contributed by atoms with Crippen LogP contribution < -0.4 is 0 Å². The molecule has 0 aliphatic rings. The molecular weight excluding hydrogens is 318 g/mol. The second-order valence-corrected chi connectivity index (χ2v) is 7.50. The van der Waals surface area contributed by atoms with Gasteiger partial charge in [-0.3, -0.25) is 10.1 Å². The molecule has 0 heterocycles. The number of para-hydroxylation sites is 1. The van der Waals surface area contributed by atoms with Crippen LogP contribution in [0.2, 0.25) is 0 Å². The minimum absolute atomic E-state index is 0.267. The Kier molecular flexibility index (Phi) is 12.5. The van der Waals surface area contributed by atoms with Crippen molar-refractivity contribution in [3.63, 3.8) is 0 Å². The molecule has 0 bridgehead atoms. The molecule has 24 heavy (non-hydrogen) atoms. The van der Waals surface area contributed by atoms with Crippen LogP contribution in [0, 0.1) is 10.1 Å². The van der Waals surface area contributed by atoms with Crippen molar-refractivity contribution in [3.8, 4) is 0 Å². The van der Waals surface area contributed by atoms with Crippen molar-refractivity contribution >= 4 is 17.4 Å². The number of nitro benzene ring substituents is 1. The van der Waals surface area contributed by atoms with E-state index < -0.39 is 0 Å². The number of benzene rings is 1. The van der Waals surface area contributed by atoms with Gasteiger partial charge in [-0.15, -0.1) is 0 Å². The minimum atomic E-state index is -0.267. The Morgan fingerprint density at radius 1 is 0.833 bits per heavy atom. The molecule has 0 fully saturated rings. The maximum Gasteiger partial charge on any atom is 0.272 e. The van der Waals surface area contributed by atoms with E-state index in [1.54, 1.807) is 12.1 Å². The summed E-state index contributed by atoms with van der Waals surface area (Å²) in [6.07, 6.45) is 17.5. The molecule has 0 saturated heterocycles. The van der Waals surface area contributed by atoms with Gasteiger partial charge >= 0.3 is 0 Å². The molecule has 1 rings (SSSR count). The molecule has 4 heteroatoms. The molecule has 0 N–H and O–H groups in total. The summed E-state index contributed by atoms with van der Waals surface area (Å²) in [5.74, 6) is 1.31. The van der Waals surface area contributed by atoms with Crippen LogP contribution in [-0.2, 0) is 6.42 Å². The maximum atomic E-state index is 11.0. The molecule has 1 aromatic carbocycles. The van der Waals surface area contributed by atoms with Gasteiger partial charge in [0.1, 0.15) is 0 Å². The van der Waals surface area contributed by atoms with Crippen molar-refractivity contribution in [1.82, 2.24) is 0 Å². The zero-order valence-electron chi connectivity index (χ0n) is 15.2. The summed E-state index contributed by atoms with van der Waals surface area (Å²) in [4.78, 5) is 10.7. The van der Waals surface area contributed by atoms with Gasteiger partial charge in [0.2, 0.25) is 0 Å². The van der Waals surface area contributed by atoms with Crippen LogP contribution >= 0.6 is 11.8 Å². The van der Waals surface area contributed by atoms with Crippen LogP contribution in [0.5, 0.6) is 0 Å². The van der Waals surface area contributed by atoms with E-state index in [2.05, 4.69) is 6.26 Å². The van der Waals surface area contributed by atoms with Gasteiger partial charge in [-0.1, -0.05) is 76.0 Å². The van der Waals surface area contributed by atoms with Crippen LogP contribution in [0.1, 0.15) is 76.2 Å². The van der Waals surface area contributed by atoms with Gasteiger partial charge in [-0.05, 0) is 31.3 Å². The number of thioether (sulfide) groups is 1. The van der Waals surface area contributed by atoms with Crippen molar-refractivity contribution in [1.29, 1.82) is 0 Å². The SMILES string of the molecule is CSCCCCCCCCCCCCCc1ccccc1[N+](=O)[O-]. The lowest BCUT2D eigenvalue weighted by Crippen LogP contribution is -1.95. The Hall–Kier alpha value is -1.03. The summed E-state index contributed by atoms with van der Waals surface area (Å²) in [5.41, 5.74) is 1.15. The zero-order valence-corrected chi connectivity index (χ0v) is 16.0. The minimum Gasteiger partial charge on any atom is -0.258 e. The molecule has 136 valence electrons. The van der Waals surface area contributed by atoms with E-state index in [9.17, 15) is 10.1 Å². The molecule has 0 aliphatic heterocycles. The van der Waals surface area contributed by atoms with Gasteiger partial charge < -0.3 is 0 Å². The van der Waals surface area contributed by atoms with Gasteiger partial charge in [0.25, 0.3) is 5.69 Å². The first-order chi connectivity index (χ1) is 11.8. The van der Waals surface area contributed by atoms with Gasteiger partial charge in [-0.2, -0.15) is 11.8 Å². The van der Waals surface area contributed by atoms with Crippen molar-refractivity contribution in [2.75, 3.05) is 12.0 Å². The summed E-state index contributed by atoms with van der Waals surface area (Å²) >= 11 is 1.95. The monoisotopic (exact) mass is 351 g/mol. The van der Waals surface area contributed by atoms with Crippen molar-refractivity contribution in [2.24, 2.45) is 0 Å². The molecule has 0 aliphatic carbocycles. The second kappa shape index (κ2) is 14.3. The van der Waals surface area contributed by atoms with Crippen LogP contribution in [0.4, 0.5) is 5.69 Å². The van der Waals surface area contributed by atoms with Gasteiger partial charge in [-0.25, -0.2) is 0 Å². The van der Waals surface area contributed by atoms with Crippen molar-refractivity contribution in [3.05, 3.63) is 39.9 Å². The summed E-state index contributed by atoms with van der Waals surface area (Å²) in [7, 11) is 0.